The van der Waals surface area contributed by atoms with Crippen molar-refractivity contribution in [2.24, 2.45) is 0 Å². The van der Waals surface area contributed by atoms with Crippen LogP contribution in [-0.4, -0.2) is 117 Å². The number of hydrogen-bond donors (Lipinski definition) is 5. The quantitative estimate of drug-likeness (QED) is 0.0830. The molecule has 0 saturated carbocycles. The lowest BCUT2D eigenvalue weighted by atomic mass is 10.3. The van der Waals surface area contributed by atoms with Crippen molar-refractivity contribution in [2.45, 2.75) is 27.7 Å². The van der Waals surface area contributed by atoms with E-state index in [-0.39, 0.29) is 43.6 Å². The van der Waals surface area contributed by atoms with Crippen molar-refractivity contribution in [1.82, 2.24) is 26.6 Å². The topological polar surface area (TPSA) is 243 Å². The first kappa shape index (κ1) is 58.0. The fraction of sp³-hybridized carbons (Fsp3) is 0.412. The monoisotopic (exact) mass is 743 g/mol. The Morgan fingerprint density at radius 1 is 0.538 bits per heavy atom. The number of urea groups is 1. The van der Waals surface area contributed by atoms with Crippen molar-refractivity contribution in [1.29, 1.82) is 0 Å². The first-order valence-electron chi connectivity index (χ1n) is 14.7. The molecule has 0 rings (SSSR count). The lowest BCUT2D eigenvalue weighted by Gasteiger charge is -2.05. The number of alkyl carbamates (subject to hydrolysis) is 1. The van der Waals surface area contributed by atoms with Gasteiger partial charge in [0.25, 0.3) is 0 Å². The van der Waals surface area contributed by atoms with E-state index in [1.807, 2.05) is 0 Å². The maximum Gasteiger partial charge on any atom is 0.406 e. The molecule has 0 unspecified atom stereocenters. The normalized spacial score (nSPS) is 8.04. The fourth-order valence-corrected chi connectivity index (χ4v) is 1.59. The summed E-state index contributed by atoms with van der Waals surface area (Å²) in [5.41, 5.74) is 1.66. The molecule has 0 aliphatic carbocycles. The van der Waals surface area contributed by atoms with Crippen LogP contribution in [0.2, 0.25) is 0 Å². The number of esters is 4. The van der Waals surface area contributed by atoms with Crippen LogP contribution >= 0.6 is 0 Å². The zero-order chi connectivity index (χ0) is 42.2. The Hall–Kier alpha value is -6.20. The molecule has 0 aromatic rings. The van der Waals surface area contributed by atoms with Crippen LogP contribution in [0.3, 0.4) is 0 Å². The van der Waals surface area contributed by atoms with Gasteiger partial charge in [-0.1, -0.05) is 39.5 Å². The van der Waals surface area contributed by atoms with E-state index in [1.165, 1.54) is 34.5 Å². The Balaban J connectivity index is -0.000000126. The number of carbonyl (C=O) groups excluding carboxylic acids is 8. The third kappa shape index (κ3) is 50.7. The van der Waals surface area contributed by atoms with E-state index in [1.54, 1.807) is 41.8 Å². The summed E-state index contributed by atoms with van der Waals surface area (Å²) in [5.74, 6) is -1.89. The van der Waals surface area contributed by atoms with Gasteiger partial charge in [-0.15, -0.1) is 0 Å². The predicted octanol–water partition coefficient (Wildman–Crippen LogP) is 1.80. The van der Waals surface area contributed by atoms with Crippen molar-refractivity contribution in [2.75, 3.05) is 68.8 Å². The van der Waals surface area contributed by atoms with Crippen LogP contribution in [0.25, 0.3) is 0 Å². The van der Waals surface area contributed by atoms with Gasteiger partial charge in [-0.2, -0.15) is 0 Å². The van der Waals surface area contributed by atoms with Crippen LogP contribution in [0.1, 0.15) is 27.7 Å². The molecule has 296 valence electrons. The van der Waals surface area contributed by atoms with Gasteiger partial charge < -0.3 is 50.3 Å². The third-order valence-electron chi connectivity index (χ3n) is 4.28. The van der Waals surface area contributed by atoms with E-state index >= 15 is 0 Å². The van der Waals surface area contributed by atoms with Crippen LogP contribution in [0.4, 0.5) is 9.59 Å². The fourth-order valence-electron chi connectivity index (χ4n) is 1.59. The summed E-state index contributed by atoms with van der Waals surface area (Å²) in [5, 5.41) is 12.0. The molecule has 0 bridgehead atoms. The lowest BCUT2D eigenvalue weighted by molar-refractivity contribution is -0.139. The van der Waals surface area contributed by atoms with E-state index in [9.17, 15) is 38.4 Å². The predicted molar refractivity (Wildman–Crippen MR) is 197 cm³/mol. The van der Waals surface area contributed by atoms with Crippen molar-refractivity contribution >= 4 is 47.8 Å². The van der Waals surface area contributed by atoms with Gasteiger partial charge in [0.05, 0.1) is 34.4 Å². The van der Waals surface area contributed by atoms with Crippen molar-refractivity contribution < 1.29 is 62.0 Å². The molecule has 0 aliphatic rings. The molecule has 0 radical (unpaired) electrons. The summed E-state index contributed by atoms with van der Waals surface area (Å²) in [7, 11) is 8.55. The molecule has 18 nitrogen and oxygen atoms in total. The molecule has 0 fully saturated rings. The van der Waals surface area contributed by atoms with Gasteiger partial charge in [0, 0.05) is 49.5 Å². The molecule has 0 heterocycles. The zero-order valence-electron chi connectivity index (χ0n) is 32.0. The molecule has 0 spiro atoms. The summed E-state index contributed by atoms with van der Waals surface area (Å²) in [4.78, 5) is 83.0. The number of hydrogen-bond acceptors (Lipinski definition) is 13. The lowest BCUT2D eigenvalue weighted by Crippen LogP contribution is -2.35. The minimum Gasteiger partial charge on any atom is -0.466 e. The van der Waals surface area contributed by atoms with Crippen molar-refractivity contribution in [3.8, 4) is 0 Å². The van der Waals surface area contributed by atoms with Crippen molar-refractivity contribution in [3.63, 3.8) is 0 Å². The van der Waals surface area contributed by atoms with Crippen LogP contribution in [0, 0.1) is 0 Å². The minimum absolute atomic E-state index is 0.0972. The summed E-state index contributed by atoms with van der Waals surface area (Å²) < 4.78 is 22.1. The molecule has 5 amide bonds. The number of amides is 5. The molecule has 52 heavy (non-hydrogen) atoms. The number of methoxy groups -OCH3 is 3. The Morgan fingerprint density at radius 3 is 1.13 bits per heavy atom. The number of rotatable bonds is 12. The molecule has 0 saturated heterocycles. The maximum atomic E-state index is 10.8. The number of ether oxygens (including phenoxy) is 5. The molecule has 0 aromatic heterocycles. The first-order valence-corrected chi connectivity index (χ1v) is 14.7. The second kappa shape index (κ2) is 41.0. The zero-order valence-corrected chi connectivity index (χ0v) is 32.0. The molecule has 18 heteroatoms. The van der Waals surface area contributed by atoms with Crippen LogP contribution in [0.5, 0.6) is 0 Å². The molecule has 0 aromatic carbocycles. The highest BCUT2D eigenvalue weighted by Gasteiger charge is 2.03. The number of carbonyl (C=O) groups is 8. The Kier molecular flexibility index (Phi) is 45.7. The molecule has 5 N–H and O–H groups in total. The molecule has 0 atom stereocenters. The summed E-state index contributed by atoms with van der Waals surface area (Å²) in [6, 6.07) is -0.300. The smallest absolute Gasteiger partial charge is 0.406 e. The van der Waals surface area contributed by atoms with Crippen molar-refractivity contribution in [3.05, 3.63) is 73.9 Å². The molecule has 0 aliphatic heterocycles. The van der Waals surface area contributed by atoms with E-state index in [4.69, 9.17) is 4.74 Å². The van der Waals surface area contributed by atoms with Crippen LogP contribution in [0.15, 0.2) is 73.9 Å². The van der Waals surface area contributed by atoms with Gasteiger partial charge in [-0.25, -0.2) is 28.8 Å². The van der Waals surface area contributed by atoms with E-state index in [2.05, 4.69) is 85.0 Å². The van der Waals surface area contributed by atoms with Gasteiger partial charge >= 0.3 is 36.0 Å². The SMILES string of the molecule is C=C(C)C(=O)NC.C=C(C)C(=O)OC.C=C(C)C(=O)OCCNC(=O)NC.C=C(C)C(=O)OCCNC(=O)OC.C=CC(=O)NC.C=CC(=O)OC. The average Bonchev–Trinajstić information content (AvgIpc) is 3.13. The van der Waals surface area contributed by atoms with Gasteiger partial charge in [0.1, 0.15) is 13.2 Å². The Labute approximate surface area is 306 Å². The Morgan fingerprint density at radius 2 is 0.962 bits per heavy atom. The van der Waals surface area contributed by atoms with Gasteiger partial charge in [0.15, 0.2) is 0 Å². The van der Waals surface area contributed by atoms with Gasteiger partial charge in [-0.3, -0.25) is 9.59 Å². The van der Waals surface area contributed by atoms with Gasteiger partial charge in [-0.05, 0) is 33.8 Å². The second-order valence-electron chi connectivity index (χ2n) is 8.93. The highest BCUT2D eigenvalue weighted by Crippen LogP contribution is 1.91. The second-order valence-corrected chi connectivity index (χ2v) is 8.93. The highest BCUT2D eigenvalue weighted by atomic mass is 16.5. The van der Waals surface area contributed by atoms with E-state index in [0.717, 1.165) is 6.08 Å². The average molecular weight is 744 g/mol. The summed E-state index contributed by atoms with van der Waals surface area (Å²) in [6.07, 6.45) is 1.78. The standard InChI is InChI=1S/C8H14N2O3.C8H13NO4.C5H9NO.C5H8O2.C4H7NO.C4H6O2/c1-6(2)7(11)13-5-4-10-8(12)9-3;1-6(2)7(10)13-5-4-9-8(11)12-3;1-4(2)5(7)6-3;1-4(2)5(6)7-3;1-3-4(6)5-2;1-3-4(5)6-2/h1,4-5H2,2-3H3,(H2,9,10,12);1,4-5H2,2-3H3,(H,9,11);1H2,2-3H3,(H,6,7);1H2,2-3H3;3H,1H2,2H3,(H,5,6);3H,1H2,2H3. The minimum atomic E-state index is -0.550. The number of nitrogens with one attached hydrogen (secondary N) is 5. The largest absolute Gasteiger partial charge is 0.466 e. The number of likely N-dealkylation sites (N-methyl/N-ethyl adjacent to an activating group) is 2. The van der Waals surface area contributed by atoms with Gasteiger partial charge in [0.2, 0.25) is 11.8 Å². The van der Waals surface area contributed by atoms with Crippen LogP contribution in [-0.2, 0) is 52.5 Å². The highest BCUT2D eigenvalue weighted by molar-refractivity contribution is 5.91. The third-order valence-corrected chi connectivity index (χ3v) is 4.28. The Bertz CT molecular complexity index is 1120. The maximum absolute atomic E-state index is 10.8. The molecular formula is C34H57N5O13. The molecular weight excluding hydrogens is 686 g/mol. The van der Waals surface area contributed by atoms with Crippen LogP contribution < -0.4 is 26.6 Å². The summed E-state index contributed by atoms with van der Waals surface area (Å²) >= 11 is 0. The van der Waals surface area contributed by atoms with E-state index < -0.39 is 24.0 Å². The van der Waals surface area contributed by atoms with E-state index in [0.29, 0.717) is 28.8 Å². The first-order chi connectivity index (χ1) is 24.1. The summed E-state index contributed by atoms with van der Waals surface area (Å²) in [6.45, 7) is 27.1.